The lowest BCUT2D eigenvalue weighted by Crippen LogP contribution is -2.41. The normalized spacial score (nSPS) is 17.4. The van der Waals surface area contributed by atoms with Gasteiger partial charge in [0.05, 0.1) is 5.69 Å². The van der Waals surface area contributed by atoms with Crippen LogP contribution in [-0.2, 0) is 9.59 Å². The van der Waals surface area contributed by atoms with Crippen LogP contribution >= 0.6 is 0 Å². The van der Waals surface area contributed by atoms with Gasteiger partial charge in [-0.1, -0.05) is 6.07 Å². The van der Waals surface area contributed by atoms with Crippen molar-refractivity contribution in [1.29, 1.82) is 0 Å². The van der Waals surface area contributed by atoms with Gasteiger partial charge < -0.3 is 15.0 Å². The molecule has 0 aromatic heterocycles. The van der Waals surface area contributed by atoms with Gasteiger partial charge in [0.2, 0.25) is 5.91 Å². The third-order valence-electron chi connectivity index (χ3n) is 3.56. The van der Waals surface area contributed by atoms with Crippen LogP contribution in [0.1, 0.15) is 24.8 Å². The van der Waals surface area contributed by atoms with Crippen molar-refractivity contribution in [2.24, 2.45) is 0 Å². The molecule has 5 nitrogen and oxygen atoms in total. The molecule has 0 atom stereocenters. The lowest BCUT2D eigenvalue weighted by Gasteiger charge is -2.29. The number of aryl methyl sites for hydroxylation is 1. The van der Waals surface area contributed by atoms with E-state index in [1.165, 1.54) is 0 Å². The average molecular weight is 274 g/mol. The monoisotopic (exact) mass is 274 g/mol. The van der Waals surface area contributed by atoms with Gasteiger partial charge in [-0.05, 0) is 37.5 Å². The highest BCUT2D eigenvalue weighted by Crippen LogP contribution is 2.32. The van der Waals surface area contributed by atoms with E-state index in [0.717, 1.165) is 24.1 Å². The van der Waals surface area contributed by atoms with E-state index >= 15 is 0 Å². The second-order valence-electron chi connectivity index (χ2n) is 5.40. The van der Waals surface area contributed by atoms with Crippen molar-refractivity contribution >= 4 is 17.5 Å². The fourth-order valence-electron chi connectivity index (χ4n) is 2.30. The number of anilines is 1. The number of benzene rings is 1. The molecule has 1 saturated carbocycles. The van der Waals surface area contributed by atoms with E-state index in [9.17, 15) is 9.59 Å². The summed E-state index contributed by atoms with van der Waals surface area (Å²) in [6, 6.07) is 6.09. The number of carbonyl (C=O) groups excluding carboxylic acids is 2. The van der Waals surface area contributed by atoms with Crippen LogP contribution in [0.5, 0.6) is 5.75 Å². The number of hydrogen-bond donors (Lipinski definition) is 1. The van der Waals surface area contributed by atoms with Crippen LogP contribution in [0.2, 0.25) is 0 Å². The molecule has 1 heterocycles. The quantitative estimate of drug-likeness (QED) is 0.902. The second kappa shape index (κ2) is 5.15. The minimum Gasteiger partial charge on any atom is -0.482 e. The number of nitrogens with zero attached hydrogens (tertiary/aromatic N) is 1. The maximum atomic E-state index is 12.0. The fourth-order valence-corrected chi connectivity index (χ4v) is 2.30. The number of hydrogen-bond acceptors (Lipinski definition) is 3. The zero-order chi connectivity index (χ0) is 14.1. The lowest BCUT2D eigenvalue weighted by molar-refractivity contribution is -0.122. The number of rotatable bonds is 4. The van der Waals surface area contributed by atoms with Gasteiger partial charge in [-0.3, -0.25) is 9.59 Å². The van der Waals surface area contributed by atoms with E-state index in [1.54, 1.807) is 4.90 Å². The van der Waals surface area contributed by atoms with E-state index in [2.05, 4.69) is 5.32 Å². The van der Waals surface area contributed by atoms with Crippen LogP contribution in [0.4, 0.5) is 5.69 Å². The summed E-state index contributed by atoms with van der Waals surface area (Å²) in [6.07, 6.45) is 2.48. The van der Waals surface area contributed by atoms with Gasteiger partial charge in [0, 0.05) is 19.0 Å². The lowest BCUT2D eigenvalue weighted by atomic mass is 10.1. The Morgan fingerprint density at radius 2 is 2.25 bits per heavy atom. The van der Waals surface area contributed by atoms with Gasteiger partial charge in [-0.15, -0.1) is 0 Å². The first kappa shape index (κ1) is 13.0. The van der Waals surface area contributed by atoms with Crippen molar-refractivity contribution in [2.75, 3.05) is 18.1 Å². The Bertz CT molecular complexity index is 552. The predicted molar refractivity (Wildman–Crippen MR) is 74.8 cm³/mol. The molecule has 2 aliphatic rings. The van der Waals surface area contributed by atoms with Crippen LogP contribution in [0.3, 0.4) is 0 Å². The van der Waals surface area contributed by atoms with Crippen molar-refractivity contribution in [3.8, 4) is 5.75 Å². The number of ether oxygens (including phenoxy) is 1. The van der Waals surface area contributed by atoms with Crippen LogP contribution < -0.4 is 15.0 Å². The van der Waals surface area contributed by atoms with Gasteiger partial charge in [0.15, 0.2) is 6.61 Å². The molecule has 2 amide bonds. The molecule has 1 aromatic carbocycles. The third-order valence-corrected chi connectivity index (χ3v) is 3.56. The van der Waals surface area contributed by atoms with Crippen molar-refractivity contribution in [3.63, 3.8) is 0 Å². The van der Waals surface area contributed by atoms with Crippen LogP contribution in [-0.4, -0.2) is 31.0 Å². The average Bonchev–Trinajstić information content (AvgIpc) is 3.21. The van der Waals surface area contributed by atoms with Crippen LogP contribution in [0, 0.1) is 6.92 Å². The molecule has 0 radical (unpaired) electrons. The Morgan fingerprint density at radius 1 is 1.45 bits per heavy atom. The minimum atomic E-state index is -0.0967. The third kappa shape index (κ3) is 2.76. The second-order valence-corrected chi connectivity index (χ2v) is 5.40. The van der Waals surface area contributed by atoms with Gasteiger partial charge in [-0.2, -0.15) is 0 Å². The SMILES string of the molecule is Cc1ccc2c(c1)OCC(=O)N2CCC(=O)NC1CC1. The molecule has 1 aromatic rings. The maximum Gasteiger partial charge on any atom is 0.265 e. The molecule has 106 valence electrons. The molecule has 5 heteroatoms. The number of nitrogens with one attached hydrogen (secondary N) is 1. The van der Waals surface area contributed by atoms with E-state index in [1.807, 2.05) is 25.1 Å². The summed E-state index contributed by atoms with van der Waals surface area (Å²) in [5.41, 5.74) is 1.84. The fraction of sp³-hybridized carbons (Fsp3) is 0.467. The van der Waals surface area contributed by atoms with Crippen LogP contribution in [0.15, 0.2) is 18.2 Å². The summed E-state index contributed by atoms with van der Waals surface area (Å²) in [6.45, 7) is 2.42. The molecule has 1 aliphatic heterocycles. The van der Waals surface area contributed by atoms with Gasteiger partial charge in [0.1, 0.15) is 5.75 Å². The molecular weight excluding hydrogens is 256 g/mol. The predicted octanol–water partition coefficient (Wildman–Crippen LogP) is 1.39. The highest BCUT2D eigenvalue weighted by molar-refractivity contribution is 5.98. The Kier molecular flexibility index (Phi) is 3.34. The maximum absolute atomic E-state index is 12.0. The molecule has 1 aliphatic carbocycles. The zero-order valence-corrected chi connectivity index (χ0v) is 11.5. The molecule has 20 heavy (non-hydrogen) atoms. The van der Waals surface area contributed by atoms with Gasteiger partial charge in [0.25, 0.3) is 5.91 Å². The van der Waals surface area contributed by atoms with Crippen molar-refractivity contribution < 1.29 is 14.3 Å². The smallest absolute Gasteiger partial charge is 0.265 e. The van der Waals surface area contributed by atoms with Gasteiger partial charge in [-0.25, -0.2) is 0 Å². The number of carbonyl (C=O) groups is 2. The van der Waals surface area contributed by atoms with E-state index < -0.39 is 0 Å². The molecule has 0 spiro atoms. The van der Waals surface area contributed by atoms with E-state index in [4.69, 9.17) is 4.74 Å². The minimum absolute atomic E-state index is 0.0143. The Hall–Kier alpha value is -2.04. The highest BCUT2D eigenvalue weighted by Gasteiger charge is 2.27. The topological polar surface area (TPSA) is 58.6 Å². The van der Waals surface area contributed by atoms with E-state index in [-0.39, 0.29) is 18.4 Å². The number of amides is 2. The highest BCUT2D eigenvalue weighted by atomic mass is 16.5. The van der Waals surface area contributed by atoms with Crippen molar-refractivity contribution in [2.45, 2.75) is 32.2 Å². The molecule has 1 fully saturated rings. The summed E-state index contributed by atoms with van der Waals surface area (Å²) in [5, 5.41) is 2.93. The summed E-state index contributed by atoms with van der Waals surface area (Å²) in [7, 11) is 0. The Balaban J connectivity index is 1.68. The van der Waals surface area contributed by atoms with Gasteiger partial charge >= 0.3 is 0 Å². The Morgan fingerprint density at radius 3 is 3.00 bits per heavy atom. The Labute approximate surface area is 117 Å². The summed E-state index contributed by atoms with van der Waals surface area (Å²) in [4.78, 5) is 25.3. The molecule has 0 saturated heterocycles. The zero-order valence-electron chi connectivity index (χ0n) is 11.5. The molecular formula is C15H18N2O3. The molecule has 0 bridgehead atoms. The van der Waals surface area contributed by atoms with E-state index in [0.29, 0.717) is 24.8 Å². The summed E-state index contributed by atoms with van der Waals surface area (Å²) in [5.74, 6) is 0.633. The first-order valence-electron chi connectivity index (χ1n) is 6.96. The van der Waals surface area contributed by atoms with Crippen molar-refractivity contribution in [1.82, 2.24) is 5.32 Å². The standard InChI is InChI=1S/C15H18N2O3/c1-10-2-5-12-13(8-10)20-9-15(19)17(12)7-6-14(18)16-11-3-4-11/h2,5,8,11H,3-4,6-7,9H2,1H3,(H,16,18). The summed E-state index contributed by atoms with van der Waals surface area (Å²) < 4.78 is 5.44. The molecule has 1 N–H and O–H groups in total. The largest absolute Gasteiger partial charge is 0.482 e. The molecule has 0 unspecified atom stereocenters. The first-order chi connectivity index (χ1) is 9.63. The number of fused-ring (bicyclic) bond motifs is 1. The summed E-state index contributed by atoms with van der Waals surface area (Å²) >= 11 is 0. The van der Waals surface area contributed by atoms with Crippen LogP contribution in [0.25, 0.3) is 0 Å². The first-order valence-corrected chi connectivity index (χ1v) is 6.96. The van der Waals surface area contributed by atoms with Crippen molar-refractivity contribution in [3.05, 3.63) is 23.8 Å². The molecule has 3 rings (SSSR count).